The lowest BCUT2D eigenvalue weighted by Crippen LogP contribution is -2.47. The zero-order chi connectivity index (χ0) is 20.7. The molecule has 0 aliphatic carbocycles. The summed E-state index contributed by atoms with van der Waals surface area (Å²) < 4.78 is 23.6. The maximum atomic E-state index is 13.5. The second-order valence-electron chi connectivity index (χ2n) is 6.71. The molecule has 0 bridgehead atoms. The third-order valence-electron chi connectivity index (χ3n) is 4.50. The highest BCUT2D eigenvalue weighted by Crippen LogP contribution is 2.29. The average molecular weight is 410 g/mol. The van der Waals surface area contributed by atoms with Crippen LogP contribution in [-0.4, -0.2) is 60.4 Å². The Morgan fingerprint density at radius 3 is 2.86 bits per heavy atom. The maximum absolute atomic E-state index is 13.5. The normalized spacial score (nSPS) is 20.9. The Morgan fingerprint density at radius 2 is 2.21 bits per heavy atom. The van der Waals surface area contributed by atoms with Crippen LogP contribution in [0.3, 0.4) is 0 Å². The van der Waals surface area contributed by atoms with Crippen LogP contribution in [0.1, 0.15) is 25.3 Å². The molecule has 7 nitrogen and oxygen atoms in total. The fourth-order valence-electron chi connectivity index (χ4n) is 2.95. The third kappa shape index (κ3) is 5.36. The van der Waals surface area contributed by atoms with Crippen molar-refractivity contribution in [3.8, 4) is 11.8 Å². The van der Waals surface area contributed by atoms with E-state index in [4.69, 9.17) is 14.7 Å². The number of nitriles is 1. The largest absolute Gasteiger partial charge is 0.536 e. The van der Waals surface area contributed by atoms with Crippen LogP contribution in [0.5, 0.6) is 5.75 Å². The summed E-state index contributed by atoms with van der Waals surface area (Å²) in [5, 5.41) is 9.07. The molecule has 0 N–H and O–H groups in total. The quantitative estimate of drug-likeness (QED) is 0.402. The zero-order valence-corrected chi connectivity index (χ0v) is 17.1. The monoisotopic (exact) mass is 410 g/mol. The van der Waals surface area contributed by atoms with Crippen LogP contribution in [0.25, 0.3) is 0 Å². The molecule has 3 atom stereocenters. The van der Waals surface area contributed by atoms with Crippen molar-refractivity contribution >= 4 is 24.1 Å². The Hall–Kier alpha value is -2.31. The van der Waals surface area contributed by atoms with Crippen LogP contribution in [0.2, 0.25) is 0 Å². The number of amides is 2. The molecule has 1 saturated heterocycles. The first-order valence-electron chi connectivity index (χ1n) is 9.02. The van der Waals surface area contributed by atoms with Crippen molar-refractivity contribution in [2.45, 2.75) is 37.7 Å². The van der Waals surface area contributed by atoms with Gasteiger partial charge in [0.25, 0.3) is 0 Å². The smallest absolute Gasteiger partial charge is 0.497 e. The molecule has 1 aliphatic heterocycles. The molecule has 3 unspecified atom stereocenters. The highest BCUT2D eigenvalue weighted by atomic mass is 32.2. The number of halogens is 1. The van der Waals surface area contributed by atoms with E-state index < -0.39 is 24.4 Å². The summed E-state index contributed by atoms with van der Waals surface area (Å²) in [5.41, 5.74) is 0.966. The van der Waals surface area contributed by atoms with Crippen LogP contribution in [0, 0.1) is 11.3 Å². The first-order valence-corrected chi connectivity index (χ1v) is 9.96. The Labute approximate surface area is 168 Å². The molecule has 1 aliphatic rings. The number of alkyl halides is 1. The van der Waals surface area contributed by atoms with Gasteiger partial charge in [0.15, 0.2) is 0 Å². The van der Waals surface area contributed by atoms with E-state index in [1.54, 1.807) is 14.2 Å². The Balaban J connectivity index is 2.05. The molecule has 2 amide bonds. The van der Waals surface area contributed by atoms with E-state index >= 15 is 0 Å². The van der Waals surface area contributed by atoms with Crippen molar-refractivity contribution in [1.82, 2.24) is 4.90 Å². The van der Waals surface area contributed by atoms with E-state index in [9.17, 15) is 14.0 Å². The molecule has 1 fully saturated rings. The summed E-state index contributed by atoms with van der Waals surface area (Å²) in [4.78, 5) is 26.0. The number of hydrogen-bond acceptors (Lipinski definition) is 6. The molecule has 9 heteroatoms. The van der Waals surface area contributed by atoms with Crippen molar-refractivity contribution in [2.24, 2.45) is 0 Å². The fraction of sp³-hybridized carbons (Fsp3) is 0.526. The van der Waals surface area contributed by atoms with E-state index in [-0.39, 0.29) is 16.9 Å². The topological polar surface area (TPSA) is 79.6 Å². The number of quaternary nitrogens is 1. The van der Waals surface area contributed by atoms with E-state index in [1.807, 2.05) is 37.3 Å². The van der Waals surface area contributed by atoms with Gasteiger partial charge in [0.2, 0.25) is 0 Å². The molecule has 0 saturated carbocycles. The van der Waals surface area contributed by atoms with Crippen LogP contribution >= 0.6 is 11.9 Å². The standard InChI is InChI=1S/C19H25FN3O4S/c1-4-8-23(2,28-13-14-6-5-7-17(9-14)26-3)19(25)27-18(24)22-12-15(20)10-16(22)11-21/h5-7,9,15-16H,4,8,10,12-13H2,1-3H3/q+1. The van der Waals surface area contributed by atoms with Crippen LogP contribution in [-0.2, 0) is 10.5 Å². The molecular formula is C19H25FN3O4S+. The van der Waals surface area contributed by atoms with Gasteiger partial charge in [-0.25, -0.2) is 9.18 Å². The van der Waals surface area contributed by atoms with Crippen LogP contribution < -0.4 is 4.74 Å². The van der Waals surface area contributed by atoms with Gasteiger partial charge in [0.05, 0.1) is 51.0 Å². The summed E-state index contributed by atoms with van der Waals surface area (Å²) in [6.45, 7) is 2.14. The number of benzene rings is 1. The number of methoxy groups -OCH3 is 1. The van der Waals surface area contributed by atoms with Gasteiger partial charge in [-0.2, -0.15) is 13.9 Å². The van der Waals surface area contributed by atoms with Gasteiger partial charge in [0, 0.05) is 6.42 Å². The maximum Gasteiger partial charge on any atom is 0.536 e. The highest BCUT2D eigenvalue weighted by Gasteiger charge is 2.42. The molecule has 0 radical (unpaired) electrons. The van der Waals surface area contributed by atoms with Gasteiger partial charge in [0.1, 0.15) is 18.0 Å². The Bertz CT molecular complexity index is 757. The molecular weight excluding hydrogens is 385 g/mol. The Morgan fingerprint density at radius 1 is 1.46 bits per heavy atom. The number of rotatable bonds is 6. The molecule has 1 aromatic carbocycles. The summed E-state index contributed by atoms with van der Waals surface area (Å²) in [6.07, 6.45) is -2.36. The third-order valence-corrected chi connectivity index (χ3v) is 5.86. The lowest BCUT2D eigenvalue weighted by molar-refractivity contribution is -0.694. The van der Waals surface area contributed by atoms with E-state index in [0.717, 1.165) is 16.2 Å². The number of ether oxygens (including phenoxy) is 2. The van der Waals surface area contributed by atoms with Gasteiger partial charge >= 0.3 is 12.2 Å². The first-order chi connectivity index (χ1) is 13.3. The minimum Gasteiger partial charge on any atom is -0.497 e. The second-order valence-corrected chi connectivity index (χ2v) is 8.07. The predicted molar refractivity (Wildman–Crippen MR) is 103 cm³/mol. The summed E-state index contributed by atoms with van der Waals surface area (Å²) in [6, 6.07) is 8.46. The van der Waals surface area contributed by atoms with Gasteiger partial charge in [-0.05, 0) is 24.1 Å². The molecule has 0 aromatic heterocycles. The van der Waals surface area contributed by atoms with Crippen molar-refractivity contribution in [1.29, 1.82) is 5.26 Å². The first kappa shape index (κ1) is 22.0. The number of hydrogen-bond donors (Lipinski definition) is 0. The Kier molecular flexibility index (Phi) is 7.66. The summed E-state index contributed by atoms with van der Waals surface area (Å²) >= 11 is 1.32. The SMILES string of the molecule is CCC[N+](C)(SCc1cccc(OC)c1)C(=O)OC(=O)N1CC(F)CC1C#N. The van der Waals surface area contributed by atoms with Gasteiger partial charge in [-0.1, -0.05) is 19.1 Å². The van der Waals surface area contributed by atoms with E-state index in [1.165, 1.54) is 11.9 Å². The van der Waals surface area contributed by atoms with Crippen molar-refractivity contribution in [3.05, 3.63) is 29.8 Å². The molecule has 0 spiro atoms. The predicted octanol–water partition coefficient (Wildman–Crippen LogP) is 3.89. The summed E-state index contributed by atoms with van der Waals surface area (Å²) in [5.74, 6) is 1.23. The number of nitrogens with zero attached hydrogens (tertiary/aromatic N) is 3. The van der Waals surface area contributed by atoms with E-state index in [2.05, 4.69) is 0 Å². The van der Waals surface area contributed by atoms with Crippen LogP contribution in [0.15, 0.2) is 24.3 Å². The molecule has 28 heavy (non-hydrogen) atoms. The van der Waals surface area contributed by atoms with Gasteiger partial charge in [-0.3, -0.25) is 4.90 Å². The lowest BCUT2D eigenvalue weighted by atomic mass is 10.2. The van der Waals surface area contributed by atoms with E-state index in [0.29, 0.717) is 18.7 Å². The summed E-state index contributed by atoms with van der Waals surface area (Å²) in [7, 11) is 3.26. The minimum absolute atomic E-state index is 0.0640. The lowest BCUT2D eigenvalue weighted by Gasteiger charge is -2.28. The molecule has 2 rings (SSSR count). The van der Waals surface area contributed by atoms with Crippen LogP contribution in [0.4, 0.5) is 14.0 Å². The number of likely N-dealkylation sites (tertiary alicyclic amines) is 1. The second kappa shape index (κ2) is 9.75. The minimum atomic E-state index is -1.29. The average Bonchev–Trinajstić information content (AvgIpc) is 3.07. The zero-order valence-electron chi connectivity index (χ0n) is 16.3. The highest BCUT2D eigenvalue weighted by molar-refractivity contribution is 7.93. The number of carbonyl (C=O) groups is 2. The molecule has 1 aromatic rings. The van der Waals surface area contributed by atoms with Crippen molar-refractivity contribution in [2.75, 3.05) is 27.2 Å². The number of carbonyl (C=O) groups excluding carboxylic acids is 2. The molecule has 152 valence electrons. The van der Waals surface area contributed by atoms with Gasteiger partial charge in [-0.15, -0.1) is 0 Å². The molecule has 1 heterocycles. The fourth-order valence-corrected chi connectivity index (χ4v) is 4.02. The van der Waals surface area contributed by atoms with Gasteiger partial charge < -0.3 is 9.47 Å². The van der Waals surface area contributed by atoms with Crippen molar-refractivity contribution < 1.29 is 27.3 Å². The van der Waals surface area contributed by atoms with Crippen molar-refractivity contribution in [3.63, 3.8) is 0 Å².